The Morgan fingerprint density at radius 3 is 2.73 bits per heavy atom. The van der Waals surface area contributed by atoms with Crippen LogP contribution in [0.25, 0.3) is 22.5 Å². The third-order valence-electron chi connectivity index (χ3n) is 7.20. The number of halogens is 2. The highest BCUT2D eigenvalue weighted by atomic mass is 19.2. The summed E-state index contributed by atoms with van der Waals surface area (Å²) in [5.74, 6) is -3.04. The molecule has 1 aliphatic carbocycles. The van der Waals surface area contributed by atoms with E-state index in [1.165, 1.54) is 28.0 Å². The van der Waals surface area contributed by atoms with Crippen LogP contribution in [-0.4, -0.2) is 51.7 Å². The first kappa shape index (κ1) is 21.7. The molecule has 2 unspecified atom stereocenters. The third-order valence-corrected chi connectivity index (χ3v) is 7.20. The molecule has 4 aromatic rings. The molecule has 0 saturated carbocycles. The summed E-state index contributed by atoms with van der Waals surface area (Å²) < 4.78 is 42.9. The van der Waals surface area contributed by atoms with Gasteiger partial charge in [-0.2, -0.15) is 0 Å². The Morgan fingerprint density at radius 1 is 1.03 bits per heavy atom. The van der Waals surface area contributed by atoms with Gasteiger partial charge in [-0.15, -0.1) is 0 Å². The van der Waals surface area contributed by atoms with E-state index in [9.17, 15) is 19.1 Å². The molecule has 0 radical (unpaired) electrons. The Labute approximate surface area is 207 Å². The van der Waals surface area contributed by atoms with Crippen LogP contribution in [0.15, 0.2) is 64.2 Å². The quantitative estimate of drug-likeness (QED) is 0.425. The van der Waals surface area contributed by atoms with Gasteiger partial charge < -0.3 is 19.3 Å². The molecule has 2 aliphatic heterocycles. The molecule has 2 atom stereocenters. The van der Waals surface area contributed by atoms with Crippen LogP contribution in [0, 0.1) is 11.6 Å². The molecule has 1 fully saturated rings. The molecule has 9 nitrogen and oxygen atoms in total. The lowest BCUT2D eigenvalue weighted by molar-refractivity contribution is -0.0196. The maximum Gasteiger partial charge on any atom is 0.278 e. The Kier molecular flexibility index (Phi) is 4.55. The summed E-state index contributed by atoms with van der Waals surface area (Å²) in [6.07, 6.45) is 2.06. The number of nitrogens with zero attached hydrogens (tertiary/aromatic N) is 4. The lowest BCUT2D eigenvalue weighted by atomic mass is 9.92. The van der Waals surface area contributed by atoms with Crippen molar-refractivity contribution in [3.63, 3.8) is 0 Å². The van der Waals surface area contributed by atoms with E-state index in [-0.39, 0.29) is 42.3 Å². The molecule has 186 valence electrons. The summed E-state index contributed by atoms with van der Waals surface area (Å²) in [7, 11) is 0. The van der Waals surface area contributed by atoms with Crippen molar-refractivity contribution in [1.29, 1.82) is 0 Å². The minimum absolute atomic E-state index is 0.0237. The maximum atomic E-state index is 15.6. The smallest absolute Gasteiger partial charge is 0.278 e. The van der Waals surface area contributed by atoms with E-state index < -0.39 is 40.9 Å². The zero-order valence-electron chi connectivity index (χ0n) is 19.1. The van der Waals surface area contributed by atoms with E-state index in [0.29, 0.717) is 16.7 Å². The molecule has 7 rings (SSSR count). The monoisotopic (exact) mass is 504 g/mol. The van der Waals surface area contributed by atoms with Gasteiger partial charge in [0.15, 0.2) is 28.8 Å². The standard InChI is InChI=1S/C26H18F2N4O5/c27-17-6-5-15-20(21(17)28)16-11-29-37-25(16)14-4-2-1-3-13(14)22(15)32-19-12-36-10-9-30(19)26(35)23-24(34)18(33)7-8-31(23)32/h1-8,11,19,22,34H,9-10,12H2. The highest BCUT2D eigenvalue weighted by molar-refractivity contribution is 5.97. The zero-order chi connectivity index (χ0) is 25.4. The average Bonchev–Trinajstić information content (AvgIpc) is 3.35. The summed E-state index contributed by atoms with van der Waals surface area (Å²) in [6.45, 7) is 0.596. The van der Waals surface area contributed by atoms with Gasteiger partial charge in [0.25, 0.3) is 5.91 Å². The fraction of sp³-hybridized carbons (Fsp3) is 0.192. The van der Waals surface area contributed by atoms with Crippen LogP contribution in [0.1, 0.15) is 27.7 Å². The molecule has 0 spiro atoms. The molecule has 0 bridgehead atoms. The minimum atomic E-state index is -1.06. The number of aromatic hydroxyl groups is 1. The maximum absolute atomic E-state index is 15.6. The van der Waals surface area contributed by atoms with Gasteiger partial charge in [-0.05, 0) is 17.2 Å². The Balaban J connectivity index is 1.59. The molecule has 2 aromatic carbocycles. The number of hydrogen-bond acceptors (Lipinski definition) is 7. The van der Waals surface area contributed by atoms with Gasteiger partial charge in [-0.25, -0.2) is 8.78 Å². The van der Waals surface area contributed by atoms with E-state index in [1.807, 2.05) is 6.07 Å². The van der Waals surface area contributed by atoms with Crippen LogP contribution < -0.4 is 10.4 Å². The zero-order valence-corrected chi connectivity index (χ0v) is 19.1. The number of amides is 1. The van der Waals surface area contributed by atoms with Gasteiger partial charge in [0, 0.05) is 29.9 Å². The highest BCUT2D eigenvalue weighted by Gasteiger charge is 2.47. The molecule has 2 aromatic heterocycles. The van der Waals surface area contributed by atoms with E-state index in [1.54, 1.807) is 23.2 Å². The van der Waals surface area contributed by atoms with Crippen molar-refractivity contribution < 1.29 is 27.9 Å². The van der Waals surface area contributed by atoms with E-state index >= 15 is 4.39 Å². The molecule has 11 heteroatoms. The number of benzene rings is 2. The number of morpholine rings is 1. The lowest BCUT2D eigenvalue weighted by Crippen LogP contribution is -2.66. The number of carbonyl (C=O) groups excluding carboxylic acids is 1. The molecular formula is C26H18F2N4O5. The first-order chi connectivity index (χ1) is 18.0. The van der Waals surface area contributed by atoms with Crippen LogP contribution in [-0.2, 0) is 4.74 Å². The molecular weight excluding hydrogens is 486 g/mol. The second kappa shape index (κ2) is 7.74. The van der Waals surface area contributed by atoms with Gasteiger partial charge in [0.1, 0.15) is 6.17 Å². The number of pyridine rings is 1. The van der Waals surface area contributed by atoms with Crippen molar-refractivity contribution in [2.75, 3.05) is 24.8 Å². The fourth-order valence-corrected chi connectivity index (χ4v) is 5.61. The summed E-state index contributed by atoms with van der Waals surface area (Å²) in [4.78, 5) is 27.3. The van der Waals surface area contributed by atoms with E-state index in [0.717, 1.165) is 12.1 Å². The molecule has 1 N–H and O–H groups in total. The van der Waals surface area contributed by atoms with Crippen molar-refractivity contribution in [3.8, 4) is 28.2 Å². The summed E-state index contributed by atoms with van der Waals surface area (Å²) in [5.41, 5.74) is 0.995. The predicted molar refractivity (Wildman–Crippen MR) is 125 cm³/mol. The topological polar surface area (TPSA) is 101 Å². The lowest BCUT2D eigenvalue weighted by Gasteiger charge is -2.51. The number of rotatable bonds is 1. The van der Waals surface area contributed by atoms with Gasteiger partial charge in [-0.1, -0.05) is 35.5 Å². The van der Waals surface area contributed by atoms with Crippen LogP contribution in [0.5, 0.6) is 5.75 Å². The summed E-state index contributed by atoms with van der Waals surface area (Å²) in [6, 6.07) is 10.1. The van der Waals surface area contributed by atoms with E-state index in [4.69, 9.17) is 9.26 Å². The van der Waals surface area contributed by atoms with Gasteiger partial charge in [0.05, 0.1) is 31.0 Å². The van der Waals surface area contributed by atoms with Crippen molar-refractivity contribution in [3.05, 3.63) is 93.5 Å². The highest BCUT2D eigenvalue weighted by Crippen LogP contribution is 2.49. The first-order valence-corrected chi connectivity index (χ1v) is 11.6. The summed E-state index contributed by atoms with van der Waals surface area (Å²) in [5, 5.41) is 16.3. The fourth-order valence-electron chi connectivity index (χ4n) is 5.61. The number of hydrogen-bond donors (Lipinski definition) is 1. The van der Waals surface area contributed by atoms with Crippen molar-refractivity contribution in [2.45, 2.75) is 12.2 Å². The number of ether oxygens (including phenoxy) is 1. The largest absolute Gasteiger partial charge is 0.502 e. The SMILES string of the molecule is O=C1c2c(O)c(=O)ccn2N(C2c3ccccc3-c3oncc3-c3c2ccc(F)c3F)C2COCCN12. The molecule has 1 saturated heterocycles. The third kappa shape index (κ3) is 2.88. The van der Waals surface area contributed by atoms with Gasteiger partial charge >= 0.3 is 0 Å². The number of aromatic nitrogens is 2. The van der Waals surface area contributed by atoms with Crippen molar-refractivity contribution in [1.82, 2.24) is 14.7 Å². The Bertz CT molecular complexity index is 1670. The van der Waals surface area contributed by atoms with Crippen LogP contribution in [0.2, 0.25) is 0 Å². The second-order valence-electron chi connectivity index (χ2n) is 9.04. The molecule has 37 heavy (non-hydrogen) atoms. The Hall–Kier alpha value is -4.51. The first-order valence-electron chi connectivity index (χ1n) is 11.6. The van der Waals surface area contributed by atoms with E-state index in [2.05, 4.69) is 5.16 Å². The number of fused-ring (bicyclic) bond motifs is 7. The Morgan fingerprint density at radius 2 is 1.86 bits per heavy atom. The van der Waals surface area contributed by atoms with Gasteiger partial charge in [-0.3, -0.25) is 19.3 Å². The molecule has 3 aliphatic rings. The predicted octanol–water partition coefficient (Wildman–Crippen LogP) is 3.01. The normalized spacial score (nSPS) is 19.9. The van der Waals surface area contributed by atoms with Crippen molar-refractivity contribution >= 4 is 5.91 Å². The second-order valence-corrected chi connectivity index (χ2v) is 9.04. The van der Waals surface area contributed by atoms with Crippen molar-refractivity contribution in [2.24, 2.45) is 0 Å². The molecule has 1 amide bonds. The van der Waals surface area contributed by atoms with Crippen LogP contribution in [0.3, 0.4) is 0 Å². The summed E-state index contributed by atoms with van der Waals surface area (Å²) >= 11 is 0. The average molecular weight is 504 g/mol. The minimum Gasteiger partial charge on any atom is -0.502 e. The number of carbonyl (C=O) groups is 1. The van der Waals surface area contributed by atoms with Crippen LogP contribution >= 0.6 is 0 Å². The van der Waals surface area contributed by atoms with Gasteiger partial charge in [0.2, 0.25) is 5.43 Å². The molecule has 4 heterocycles. The van der Waals surface area contributed by atoms with Crippen LogP contribution in [0.4, 0.5) is 8.78 Å².